The van der Waals surface area contributed by atoms with Crippen LogP contribution in [0.3, 0.4) is 0 Å². The van der Waals surface area contributed by atoms with Crippen LogP contribution in [0.15, 0.2) is 24.4 Å². The number of hydrogen-bond acceptors (Lipinski definition) is 4. The predicted octanol–water partition coefficient (Wildman–Crippen LogP) is -0.422. The zero-order chi connectivity index (χ0) is 8.10. The van der Waals surface area contributed by atoms with Gasteiger partial charge in [-0.2, -0.15) is 0 Å². The van der Waals surface area contributed by atoms with Crippen LogP contribution in [0.1, 0.15) is 11.8 Å². The highest BCUT2D eigenvalue weighted by Crippen LogP contribution is 2.05. The van der Waals surface area contributed by atoms with Gasteiger partial charge in [0.05, 0.1) is 5.69 Å². The van der Waals surface area contributed by atoms with E-state index in [1.807, 2.05) is 6.07 Å². The smallest absolute Gasteiger partial charge is 0.110 e. The van der Waals surface area contributed by atoms with Crippen molar-refractivity contribution in [1.29, 1.82) is 0 Å². The first-order chi connectivity index (χ1) is 5.34. The summed E-state index contributed by atoms with van der Waals surface area (Å²) in [5.41, 5.74) is 3.01. The Morgan fingerprint density at radius 2 is 2.45 bits per heavy atom. The quantitative estimate of drug-likeness (QED) is 0.407. The Morgan fingerprint density at radius 1 is 1.64 bits per heavy atom. The van der Waals surface area contributed by atoms with Crippen molar-refractivity contribution >= 4 is 0 Å². The van der Waals surface area contributed by atoms with Gasteiger partial charge in [-0.1, -0.05) is 6.07 Å². The lowest BCUT2D eigenvalue weighted by molar-refractivity contribution is 0.170. The monoisotopic (exact) mass is 153 g/mol. The first kappa shape index (κ1) is 8.13. The standard InChI is InChI=1S/C7H11N3O/c8-10-5-7(11)6-3-1-2-4-9-6/h1-4,7,10-11H,5,8H2. The summed E-state index contributed by atoms with van der Waals surface area (Å²) in [4.78, 5) is 3.95. The van der Waals surface area contributed by atoms with Crippen molar-refractivity contribution in [2.45, 2.75) is 6.10 Å². The maximum atomic E-state index is 9.32. The van der Waals surface area contributed by atoms with Crippen molar-refractivity contribution in [3.8, 4) is 0 Å². The molecule has 0 saturated carbocycles. The van der Waals surface area contributed by atoms with E-state index in [1.165, 1.54) is 0 Å². The molecule has 1 rings (SSSR count). The predicted molar refractivity (Wildman–Crippen MR) is 41.4 cm³/mol. The van der Waals surface area contributed by atoms with E-state index in [0.29, 0.717) is 12.2 Å². The van der Waals surface area contributed by atoms with Crippen LogP contribution in [0, 0.1) is 0 Å². The second-order valence-corrected chi connectivity index (χ2v) is 2.18. The number of hydrazine groups is 1. The Kier molecular flexibility index (Phi) is 2.97. The van der Waals surface area contributed by atoms with Crippen molar-refractivity contribution in [3.63, 3.8) is 0 Å². The zero-order valence-corrected chi connectivity index (χ0v) is 6.07. The maximum Gasteiger partial charge on any atom is 0.110 e. The molecule has 0 aliphatic carbocycles. The summed E-state index contributed by atoms with van der Waals surface area (Å²) in [5, 5.41) is 9.32. The average Bonchev–Trinajstić information content (AvgIpc) is 2.07. The van der Waals surface area contributed by atoms with Gasteiger partial charge in [-0.15, -0.1) is 0 Å². The fourth-order valence-electron chi connectivity index (χ4n) is 0.789. The largest absolute Gasteiger partial charge is 0.385 e. The molecular weight excluding hydrogens is 142 g/mol. The van der Waals surface area contributed by atoms with E-state index in [-0.39, 0.29) is 0 Å². The van der Waals surface area contributed by atoms with Crippen LogP contribution in [0.5, 0.6) is 0 Å². The van der Waals surface area contributed by atoms with E-state index in [9.17, 15) is 5.11 Å². The molecule has 4 N–H and O–H groups in total. The van der Waals surface area contributed by atoms with Gasteiger partial charge in [0, 0.05) is 12.7 Å². The minimum absolute atomic E-state index is 0.316. The van der Waals surface area contributed by atoms with Gasteiger partial charge in [0.2, 0.25) is 0 Å². The molecule has 1 heterocycles. The fraction of sp³-hybridized carbons (Fsp3) is 0.286. The van der Waals surface area contributed by atoms with Gasteiger partial charge in [0.25, 0.3) is 0 Å². The van der Waals surface area contributed by atoms with Crippen molar-refractivity contribution < 1.29 is 5.11 Å². The maximum absolute atomic E-state index is 9.32. The van der Waals surface area contributed by atoms with Crippen molar-refractivity contribution in [2.24, 2.45) is 5.84 Å². The van der Waals surface area contributed by atoms with Crippen LogP contribution in [-0.2, 0) is 0 Å². The lowest BCUT2D eigenvalue weighted by atomic mass is 10.2. The number of nitrogens with one attached hydrogen (secondary N) is 1. The molecule has 1 unspecified atom stereocenters. The van der Waals surface area contributed by atoms with E-state index < -0.39 is 6.10 Å². The molecule has 11 heavy (non-hydrogen) atoms. The van der Waals surface area contributed by atoms with Gasteiger partial charge in [-0.3, -0.25) is 16.3 Å². The number of nitrogens with two attached hydrogens (primary N) is 1. The number of aromatic nitrogens is 1. The van der Waals surface area contributed by atoms with Gasteiger partial charge < -0.3 is 5.11 Å². The third-order valence-corrected chi connectivity index (χ3v) is 1.34. The third-order valence-electron chi connectivity index (χ3n) is 1.34. The summed E-state index contributed by atoms with van der Waals surface area (Å²) in [7, 11) is 0. The van der Waals surface area contributed by atoms with Crippen molar-refractivity contribution in [1.82, 2.24) is 10.4 Å². The normalized spacial score (nSPS) is 12.9. The summed E-state index contributed by atoms with van der Waals surface area (Å²) < 4.78 is 0. The summed E-state index contributed by atoms with van der Waals surface area (Å²) in [6.07, 6.45) is 1.01. The number of aliphatic hydroxyl groups excluding tert-OH is 1. The van der Waals surface area contributed by atoms with Crippen LogP contribution >= 0.6 is 0 Å². The average molecular weight is 153 g/mol. The number of hydrogen-bond donors (Lipinski definition) is 3. The molecular formula is C7H11N3O. The molecule has 0 bridgehead atoms. The Balaban J connectivity index is 2.61. The molecule has 0 saturated heterocycles. The molecule has 60 valence electrons. The second kappa shape index (κ2) is 4.02. The molecule has 0 radical (unpaired) electrons. The molecule has 0 spiro atoms. The second-order valence-electron chi connectivity index (χ2n) is 2.18. The highest BCUT2D eigenvalue weighted by atomic mass is 16.3. The van der Waals surface area contributed by atoms with Crippen molar-refractivity contribution in [2.75, 3.05) is 6.54 Å². The fourth-order valence-corrected chi connectivity index (χ4v) is 0.789. The van der Waals surface area contributed by atoms with Gasteiger partial charge in [0.15, 0.2) is 0 Å². The lowest BCUT2D eigenvalue weighted by Gasteiger charge is -2.07. The highest BCUT2D eigenvalue weighted by molar-refractivity contribution is 5.06. The van der Waals surface area contributed by atoms with E-state index in [1.54, 1.807) is 18.3 Å². The number of nitrogens with zero attached hydrogens (tertiary/aromatic N) is 1. The topological polar surface area (TPSA) is 71.2 Å². The molecule has 1 aromatic rings. The zero-order valence-electron chi connectivity index (χ0n) is 6.07. The molecule has 0 fully saturated rings. The molecule has 4 nitrogen and oxygen atoms in total. The molecule has 4 heteroatoms. The van der Waals surface area contributed by atoms with Gasteiger partial charge in [-0.25, -0.2) is 0 Å². The van der Waals surface area contributed by atoms with Crippen LogP contribution in [0.4, 0.5) is 0 Å². The summed E-state index contributed by atoms with van der Waals surface area (Å²) >= 11 is 0. The molecule has 0 amide bonds. The molecule has 0 aromatic carbocycles. The number of pyridine rings is 1. The minimum Gasteiger partial charge on any atom is -0.385 e. The van der Waals surface area contributed by atoms with Crippen molar-refractivity contribution in [3.05, 3.63) is 30.1 Å². The Hall–Kier alpha value is -0.970. The lowest BCUT2D eigenvalue weighted by Crippen LogP contribution is -2.27. The van der Waals surface area contributed by atoms with Gasteiger partial charge >= 0.3 is 0 Å². The van der Waals surface area contributed by atoms with E-state index in [2.05, 4.69) is 10.4 Å². The minimum atomic E-state index is -0.624. The summed E-state index contributed by atoms with van der Waals surface area (Å²) in [5.74, 6) is 5.03. The Labute approximate surface area is 65.0 Å². The van der Waals surface area contributed by atoms with E-state index in [4.69, 9.17) is 5.84 Å². The molecule has 0 aliphatic heterocycles. The molecule has 1 atom stereocenters. The number of rotatable bonds is 3. The van der Waals surface area contributed by atoms with Crippen LogP contribution in [0.25, 0.3) is 0 Å². The summed E-state index contributed by atoms with van der Waals surface area (Å²) in [6.45, 7) is 0.316. The number of aliphatic hydroxyl groups is 1. The Morgan fingerprint density at radius 3 is 3.00 bits per heavy atom. The Bertz CT molecular complexity index is 202. The molecule has 1 aromatic heterocycles. The third kappa shape index (κ3) is 2.27. The van der Waals surface area contributed by atoms with Crippen LogP contribution < -0.4 is 11.3 Å². The molecule has 0 aliphatic rings. The van der Waals surface area contributed by atoms with Gasteiger partial charge in [0.1, 0.15) is 6.10 Å². The van der Waals surface area contributed by atoms with Gasteiger partial charge in [-0.05, 0) is 12.1 Å². The van der Waals surface area contributed by atoms with E-state index in [0.717, 1.165) is 0 Å². The SMILES string of the molecule is NNCC(O)c1ccccn1. The first-order valence-electron chi connectivity index (χ1n) is 3.37. The van der Waals surface area contributed by atoms with Crippen LogP contribution in [-0.4, -0.2) is 16.6 Å². The first-order valence-corrected chi connectivity index (χ1v) is 3.37. The highest BCUT2D eigenvalue weighted by Gasteiger charge is 2.05. The van der Waals surface area contributed by atoms with Crippen LogP contribution in [0.2, 0.25) is 0 Å². The summed E-state index contributed by atoms with van der Waals surface area (Å²) in [6, 6.07) is 5.37. The van der Waals surface area contributed by atoms with E-state index >= 15 is 0 Å².